The monoisotopic (exact) mass is 304 g/mol. The van der Waals surface area contributed by atoms with Crippen LogP contribution in [0.2, 0.25) is 0 Å². The molecular formula is C16H16O4S. The van der Waals surface area contributed by atoms with Crippen molar-refractivity contribution >= 4 is 15.6 Å². The lowest BCUT2D eigenvalue weighted by Crippen LogP contribution is -2.06. The minimum Gasteiger partial charge on any atom is -0.493 e. The number of hydrogen-bond donors (Lipinski definition) is 0. The first kappa shape index (κ1) is 15.3. The van der Waals surface area contributed by atoms with Crippen LogP contribution in [-0.4, -0.2) is 27.1 Å². The lowest BCUT2D eigenvalue weighted by Gasteiger charge is -2.09. The fraction of sp³-hybridized carbons (Fsp3) is 0.188. The van der Waals surface area contributed by atoms with Crippen molar-refractivity contribution in [1.29, 1.82) is 0 Å². The van der Waals surface area contributed by atoms with Crippen molar-refractivity contribution in [3.05, 3.63) is 59.7 Å². The Morgan fingerprint density at radius 3 is 2.24 bits per heavy atom. The van der Waals surface area contributed by atoms with Gasteiger partial charge in [-0.05, 0) is 43.3 Å². The van der Waals surface area contributed by atoms with Gasteiger partial charge in [0.05, 0.1) is 17.1 Å². The standard InChI is InChI=1S/C16H16O4S/c1-3-20-15-7-5-4-6-14(15)16(17)12-8-10-13(11-9-12)21(2,18)19/h4-11H,3H2,1-2H3. The molecule has 21 heavy (non-hydrogen) atoms. The van der Waals surface area contributed by atoms with Crippen molar-refractivity contribution < 1.29 is 17.9 Å². The first-order valence-electron chi connectivity index (χ1n) is 6.50. The second-order valence-corrected chi connectivity index (χ2v) is 6.57. The van der Waals surface area contributed by atoms with Crippen LogP contribution < -0.4 is 4.74 Å². The van der Waals surface area contributed by atoms with E-state index in [1.807, 2.05) is 6.92 Å². The molecule has 0 unspecified atom stereocenters. The molecule has 0 aliphatic heterocycles. The van der Waals surface area contributed by atoms with Crippen LogP contribution in [0.25, 0.3) is 0 Å². The Balaban J connectivity index is 2.37. The smallest absolute Gasteiger partial charge is 0.196 e. The number of rotatable bonds is 5. The summed E-state index contributed by atoms with van der Waals surface area (Å²) in [4.78, 5) is 12.7. The van der Waals surface area contributed by atoms with Gasteiger partial charge in [0.15, 0.2) is 15.6 Å². The van der Waals surface area contributed by atoms with Gasteiger partial charge in [0.1, 0.15) is 5.75 Å². The van der Waals surface area contributed by atoms with Crippen molar-refractivity contribution in [1.82, 2.24) is 0 Å². The van der Waals surface area contributed by atoms with Crippen LogP contribution in [0.3, 0.4) is 0 Å². The Kier molecular flexibility index (Phi) is 4.43. The predicted octanol–water partition coefficient (Wildman–Crippen LogP) is 2.72. The quantitative estimate of drug-likeness (QED) is 0.797. The Morgan fingerprint density at radius 2 is 1.67 bits per heavy atom. The number of sulfone groups is 1. The molecule has 0 aliphatic carbocycles. The summed E-state index contributed by atoms with van der Waals surface area (Å²) in [5.41, 5.74) is 0.890. The average molecular weight is 304 g/mol. The highest BCUT2D eigenvalue weighted by Crippen LogP contribution is 2.22. The zero-order valence-electron chi connectivity index (χ0n) is 11.9. The van der Waals surface area contributed by atoms with E-state index < -0.39 is 9.84 Å². The van der Waals surface area contributed by atoms with Gasteiger partial charge in [-0.2, -0.15) is 0 Å². The van der Waals surface area contributed by atoms with E-state index in [2.05, 4.69) is 0 Å². The minimum atomic E-state index is -3.26. The maximum absolute atomic E-state index is 12.5. The molecule has 0 spiro atoms. The number of carbonyl (C=O) groups is 1. The highest BCUT2D eigenvalue weighted by Gasteiger charge is 2.15. The molecular weight excluding hydrogens is 288 g/mol. The number of carbonyl (C=O) groups excluding carboxylic acids is 1. The van der Waals surface area contributed by atoms with E-state index >= 15 is 0 Å². The van der Waals surface area contributed by atoms with Crippen LogP contribution in [0.4, 0.5) is 0 Å². The fourth-order valence-electron chi connectivity index (χ4n) is 1.94. The molecule has 2 aromatic carbocycles. The Bertz CT molecular complexity index is 746. The van der Waals surface area contributed by atoms with E-state index in [9.17, 15) is 13.2 Å². The van der Waals surface area contributed by atoms with Crippen molar-refractivity contribution in [2.75, 3.05) is 12.9 Å². The molecule has 2 aromatic rings. The van der Waals surface area contributed by atoms with Gasteiger partial charge in [0.2, 0.25) is 0 Å². The molecule has 2 rings (SSSR count). The second-order valence-electron chi connectivity index (χ2n) is 4.55. The van der Waals surface area contributed by atoms with Crippen molar-refractivity contribution in [2.24, 2.45) is 0 Å². The lowest BCUT2D eigenvalue weighted by atomic mass is 10.0. The third-order valence-electron chi connectivity index (χ3n) is 2.98. The highest BCUT2D eigenvalue weighted by molar-refractivity contribution is 7.90. The van der Waals surface area contributed by atoms with Gasteiger partial charge < -0.3 is 4.74 Å². The topological polar surface area (TPSA) is 60.4 Å². The van der Waals surface area contributed by atoms with Crippen LogP contribution in [-0.2, 0) is 9.84 Å². The van der Waals surface area contributed by atoms with E-state index in [1.165, 1.54) is 24.3 Å². The maximum Gasteiger partial charge on any atom is 0.196 e. The van der Waals surface area contributed by atoms with Gasteiger partial charge in [0.25, 0.3) is 0 Å². The molecule has 0 aliphatic rings. The molecule has 0 amide bonds. The van der Waals surface area contributed by atoms with E-state index in [1.54, 1.807) is 24.3 Å². The SMILES string of the molecule is CCOc1ccccc1C(=O)c1ccc(S(C)(=O)=O)cc1. The zero-order chi connectivity index (χ0) is 15.5. The number of ether oxygens (including phenoxy) is 1. The van der Waals surface area contributed by atoms with Crippen LogP contribution >= 0.6 is 0 Å². The number of benzene rings is 2. The summed E-state index contributed by atoms with van der Waals surface area (Å²) >= 11 is 0. The predicted molar refractivity (Wildman–Crippen MR) is 80.6 cm³/mol. The zero-order valence-corrected chi connectivity index (χ0v) is 12.7. The van der Waals surface area contributed by atoms with E-state index in [-0.39, 0.29) is 10.7 Å². The Hall–Kier alpha value is -2.14. The molecule has 0 N–H and O–H groups in total. The molecule has 0 radical (unpaired) electrons. The summed E-state index contributed by atoms with van der Waals surface area (Å²) < 4.78 is 28.3. The van der Waals surface area contributed by atoms with E-state index in [4.69, 9.17) is 4.74 Å². The minimum absolute atomic E-state index is 0.192. The molecule has 110 valence electrons. The van der Waals surface area contributed by atoms with Crippen LogP contribution in [0.1, 0.15) is 22.8 Å². The molecule has 5 heteroatoms. The molecule has 0 saturated heterocycles. The Labute approximate surface area is 124 Å². The third-order valence-corrected chi connectivity index (χ3v) is 4.10. The molecule has 0 atom stereocenters. The average Bonchev–Trinajstić information content (AvgIpc) is 2.47. The van der Waals surface area contributed by atoms with Crippen molar-refractivity contribution in [2.45, 2.75) is 11.8 Å². The summed E-state index contributed by atoms with van der Waals surface area (Å²) in [6, 6.07) is 12.9. The van der Waals surface area contributed by atoms with Crippen LogP contribution in [0.15, 0.2) is 53.4 Å². The fourth-order valence-corrected chi connectivity index (χ4v) is 2.58. The summed E-state index contributed by atoms with van der Waals surface area (Å²) in [5, 5.41) is 0. The molecule has 0 heterocycles. The highest BCUT2D eigenvalue weighted by atomic mass is 32.2. The summed E-state index contributed by atoms with van der Waals surface area (Å²) in [7, 11) is -3.26. The van der Waals surface area contributed by atoms with Gasteiger partial charge in [-0.3, -0.25) is 4.79 Å². The van der Waals surface area contributed by atoms with Crippen molar-refractivity contribution in [3.63, 3.8) is 0 Å². The summed E-state index contributed by atoms with van der Waals surface area (Å²) in [6.07, 6.45) is 1.13. The lowest BCUT2D eigenvalue weighted by molar-refractivity contribution is 0.103. The molecule has 0 aromatic heterocycles. The number of ketones is 1. The molecule has 0 bridgehead atoms. The van der Waals surface area contributed by atoms with E-state index in [0.29, 0.717) is 23.5 Å². The van der Waals surface area contributed by atoms with Crippen LogP contribution in [0, 0.1) is 0 Å². The van der Waals surface area contributed by atoms with Gasteiger partial charge in [-0.25, -0.2) is 8.42 Å². The van der Waals surface area contributed by atoms with Gasteiger partial charge in [0, 0.05) is 11.8 Å². The van der Waals surface area contributed by atoms with Crippen molar-refractivity contribution in [3.8, 4) is 5.75 Å². The molecule has 4 nitrogen and oxygen atoms in total. The first-order valence-corrected chi connectivity index (χ1v) is 8.39. The Morgan fingerprint density at radius 1 is 1.05 bits per heavy atom. The van der Waals surface area contributed by atoms with Gasteiger partial charge in [-0.1, -0.05) is 12.1 Å². The largest absolute Gasteiger partial charge is 0.493 e. The summed E-state index contributed by atoms with van der Waals surface area (Å²) in [5.74, 6) is 0.330. The van der Waals surface area contributed by atoms with Gasteiger partial charge >= 0.3 is 0 Å². The molecule has 0 saturated carbocycles. The molecule has 0 fully saturated rings. The first-order chi connectivity index (χ1) is 9.93. The number of para-hydroxylation sites is 1. The third kappa shape index (κ3) is 3.49. The number of hydrogen-bond acceptors (Lipinski definition) is 4. The normalized spacial score (nSPS) is 11.1. The van der Waals surface area contributed by atoms with Crippen LogP contribution in [0.5, 0.6) is 5.75 Å². The summed E-state index contributed by atoms with van der Waals surface area (Å²) in [6.45, 7) is 2.32. The van der Waals surface area contributed by atoms with E-state index in [0.717, 1.165) is 6.26 Å². The second kappa shape index (κ2) is 6.10. The van der Waals surface area contributed by atoms with Gasteiger partial charge in [-0.15, -0.1) is 0 Å². The maximum atomic E-state index is 12.5.